The molecule has 0 aromatic rings. The van der Waals surface area contributed by atoms with Crippen LogP contribution in [0.15, 0.2) is 0 Å². The topological polar surface area (TPSA) is 78.5 Å². The first-order chi connectivity index (χ1) is 7.95. The molecule has 2 N–H and O–H groups in total. The van der Waals surface area contributed by atoms with Crippen LogP contribution in [-0.4, -0.2) is 38.4 Å². The Morgan fingerprint density at radius 1 is 1.35 bits per heavy atom. The molecule has 0 spiro atoms. The molecule has 1 saturated heterocycles. The number of hydrogen-bond acceptors (Lipinski definition) is 3. The molecule has 2 amide bonds. The lowest BCUT2D eigenvalue weighted by atomic mass is 10.0. The van der Waals surface area contributed by atoms with Gasteiger partial charge < -0.3 is 5.32 Å². The van der Waals surface area contributed by atoms with Gasteiger partial charge in [0.05, 0.1) is 0 Å². The van der Waals surface area contributed by atoms with Gasteiger partial charge in [0.15, 0.2) is 0 Å². The highest BCUT2D eigenvalue weighted by Gasteiger charge is 2.27. The molecule has 0 atom stereocenters. The smallest absolute Gasteiger partial charge is 0.329 e. The van der Waals surface area contributed by atoms with Crippen LogP contribution in [0.1, 0.15) is 33.1 Å². The van der Waals surface area contributed by atoms with Crippen molar-refractivity contribution in [1.29, 1.82) is 0 Å². The number of amides is 2. The SMILES string of the molecule is CCCNC(=O)NS(=O)(=O)N1CCC(C)CC1. The molecule has 0 radical (unpaired) electrons. The normalized spacial score (nSPS) is 18.9. The minimum absolute atomic E-state index is 0.471. The Kier molecular flexibility index (Phi) is 5.20. The molecule has 1 aliphatic heterocycles. The van der Waals surface area contributed by atoms with E-state index in [2.05, 4.69) is 12.2 Å². The van der Waals surface area contributed by atoms with Gasteiger partial charge in [-0.05, 0) is 25.2 Å². The first-order valence-electron chi connectivity index (χ1n) is 6.01. The molecule has 100 valence electrons. The molecule has 1 rings (SSSR count). The molecular weight excluding hydrogens is 242 g/mol. The van der Waals surface area contributed by atoms with Crippen LogP contribution in [-0.2, 0) is 10.2 Å². The Labute approximate surface area is 103 Å². The van der Waals surface area contributed by atoms with Crippen LogP contribution >= 0.6 is 0 Å². The van der Waals surface area contributed by atoms with Crippen LogP contribution in [0.5, 0.6) is 0 Å². The fraction of sp³-hybridized carbons (Fsp3) is 0.900. The number of rotatable bonds is 4. The van der Waals surface area contributed by atoms with Gasteiger partial charge in [-0.1, -0.05) is 13.8 Å². The zero-order chi connectivity index (χ0) is 12.9. The zero-order valence-electron chi connectivity index (χ0n) is 10.4. The molecule has 0 bridgehead atoms. The number of hydrogen-bond donors (Lipinski definition) is 2. The molecule has 0 saturated carbocycles. The summed E-state index contributed by atoms with van der Waals surface area (Å²) in [6, 6.07) is -0.648. The summed E-state index contributed by atoms with van der Waals surface area (Å²) in [5.41, 5.74) is 0. The molecule has 1 heterocycles. The lowest BCUT2D eigenvalue weighted by Crippen LogP contribution is -2.49. The quantitative estimate of drug-likeness (QED) is 0.782. The monoisotopic (exact) mass is 263 g/mol. The molecule has 0 aromatic heterocycles. The lowest BCUT2D eigenvalue weighted by Gasteiger charge is -2.29. The minimum atomic E-state index is -3.67. The maximum absolute atomic E-state index is 11.8. The van der Waals surface area contributed by atoms with E-state index in [0.29, 0.717) is 25.6 Å². The van der Waals surface area contributed by atoms with E-state index in [0.717, 1.165) is 19.3 Å². The van der Waals surface area contributed by atoms with Crippen molar-refractivity contribution in [3.8, 4) is 0 Å². The summed E-state index contributed by atoms with van der Waals surface area (Å²) in [4.78, 5) is 11.3. The van der Waals surface area contributed by atoms with Crippen LogP contribution in [0.4, 0.5) is 4.79 Å². The van der Waals surface area contributed by atoms with Crippen molar-refractivity contribution in [1.82, 2.24) is 14.3 Å². The largest absolute Gasteiger partial charge is 0.337 e. The van der Waals surface area contributed by atoms with Gasteiger partial charge in [-0.25, -0.2) is 9.52 Å². The molecule has 1 fully saturated rings. The van der Waals surface area contributed by atoms with Crippen molar-refractivity contribution in [3.63, 3.8) is 0 Å². The summed E-state index contributed by atoms with van der Waals surface area (Å²) in [7, 11) is -3.67. The summed E-state index contributed by atoms with van der Waals surface area (Å²) in [6.07, 6.45) is 2.46. The van der Waals surface area contributed by atoms with Crippen LogP contribution in [0.2, 0.25) is 0 Å². The molecule has 17 heavy (non-hydrogen) atoms. The first-order valence-corrected chi connectivity index (χ1v) is 7.45. The maximum Gasteiger partial charge on any atom is 0.329 e. The average Bonchev–Trinajstić information content (AvgIpc) is 2.26. The molecule has 0 aromatic carbocycles. The van der Waals surface area contributed by atoms with Crippen molar-refractivity contribution in [2.24, 2.45) is 5.92 Å². The summed E-state index contributed by atoms with van der Waals surface area (Å²) < 4.78 is 27.0. The number of piperidine rings is 1. The van der Waals surface area contributed by atoms with Crippen LogP contribution in [0, 0.1) is 5.92 Å². The predicted octanol–water partition coefficient (Wildman–Crippen LogP) is 0.672. The van der Waals surface area contributed by atoms with Crippen LogP contribution in [0.3, 0.4) is 0 Å². The number of urea groups is 1. The molecule has 0 aliphatic carbocycles. The van der Waals surface area contributed by atoms with Gasteiger partial charge in [0, 0.05) is 19.6 Å². The first kappa shape index (κ1) is 14.2. The van der Waals surface area contributed by atoms with Gasteiger partial charge in [0.2, 0.25) is 0 Å². The lowest BCUT2D eigenvalue weighted by molar-refractivity contribution is 0.243. The highest BCUT2D eigenvalue weighted by Crippen LogP contribution is 2.17. The molecule has 7 heteroatoms. The van der Waals surface area contributed by atoms with Crippen molar-refractivity contribution in [2.45, 2.75) is 33.1 Å². The summed E-state index contributed by atoms with van der Waals surface area (Å²) in [5, 5.41) is 2.48. The van der Waals surface area contributed by atoms with Crippen molar-refractivity contribution < 1.29 is 13.2 Å². The van der Waals surface area contributed by atoms with E-state index >= 15 is 0 Å². The molecule has 1 aliphatic rings. The zero-order valence-corrected chi connectivity index (χ0v) is 11.2. The standard InChI is InChI=1S/C10H21N3O3S/c1-3-6-11-10(14)12-17(15,16)13-7-4-9(2)5-8-13/h9H,3-8H2,1-2H3,(H2,11,12,14). The second-order valence-corrected chi connectivity index (χ2v) is 6.12. The minimum Gasteiger partial charge on any atom is -0.337 e. The number of nitrogens with one attached hydrogen (secondary N) is 2. The Morgan fingerprint density at radius 3 is 2.47 bits per heavy atom. The van der Waals surface area contributed by atoms with E-state index in [1.165, 1.54) is 4.31 Å². The van der Waals surface area contributed by atoms with Gasteiger partial charge in [0.1, 0.15) is 0 Å². The van der Waals surface area contributed by atoms with Crippen molar-refractivity contribution in [2.75, 3.05) is 19.6 Å². The van der Waals surface area contributed by atoms with Crippen LogP contribution in [0.25, 0.3) is 0 Å². The van der Waals surface area contributed by atoms with Gasteiger partial charge in [-0.15, -0.1) is 0 Å². The average molecular weight is 263 g/mol. The van der Waals surface area contributed by atoms with Gasteiger partial charge >= 0.3 is 16.2 Å². The third-order valence-corrected chi connectivity index (χ3v) is 4.33. The maximum atomic E-state index is 11.8. The predicted molar refractivity (Wildman–Crippen MR) is 65.7 cm³/mol. The van der Waals surface area contributed by atoms with Gasteiger partial charge in [-0.3, -0.25) is 0 Å². The number of nitrogens with zero attached hydrogens (tertiary/aromatic N) is 1. The van der Waals surface area contributed by atoms with E-state index in [-0.39, 0.29) is 0 Å². The fourth-order valence-electron chi connectivity index (χ4n) is 1.68. The molecule has 0 unspecified atom stereocenters. The second kappa shape index (κ2) is 6.20. The number of carbonyl (C=O) groups excluding carboxylic acids is 1. The summed E-state index contributed by atoms with van der Waals surface area (Å²) in [6.45, 7) is 5.44. The summed E-state index contributed by atoms with van der Waals surface area (Å²) in [5.74, 6) is 0.551. The Morgan fingerprint density at radius 2 is 1.94 bits per heavy atom. The van der Waals surface area contributed by atoms with E-state index in [1.54, 1.807) is 0 Å². The van der Waals surface area contributed by atoms with E-state index in [9.17, 15) is 13.2 Å². The van der Waals surface area contributed by atoms with E-state index in [4.69, 9.17) is 0 Å². The van der Waals surface area contributed by atoms with Crippen LogP contribution < -0.4 is 10.0 Å². The highest BCUT2D eigenvalue weighted by atomic mass is 32.2. The van der Waals surface area contributed by atoms with Crippen molar-refractivity contribution in [3.05, 3.63) is 0 Å². The Bertz CT molecular complexity index is 348. The Balaban J connectivity index is 2.48. The van der Waals surface area contributed by atoms with Gasteiger partial charge in [-0.2, -0.15) is 12.7 Å². The summed E-state index contributed by atoms with van der Waals surface area (Å²) >= 11 is 0. The van der Waals surface area contributed by atoms with E-state index < -0.39 is 16.2 Å². The fourth-order valence-corrected chi connectivity index (χ4v) is 2.81. The van der Waals surface area contributed by atoms with Gasteiger partial charge in [0.25, 0.3) is 0 Å². The van der Waals surface area contributed by atoms with Crippen molar-refractivity contribution >= 4 is 16.2 Å². The third-order valence-electron chi connectivity index (χ3n) is 2.84. The number of carbonyl (C=O) groups is 1. The third kappa shape index (κ3) is 4.51. The second-order valence-electron chi connectivity index (χ2n) is 4.44. The molecule has 6 nitrogen and oxygen atoms in total. The van der Waals surface area contributed by atoms with E-state index in [1.807, 2.05) is 11.6 Å². The highest BCUT2D eigenvalue weighted by molar-refractivity contribution is 7.87. The Hall–Kier alpha value is -0.820. The molecular formula is C10H21N3O3S.